The molecule has 0 saturated heterocycles. The quantitative estimate of drug-likeness (QED) is 0.514. The van der Waals surface area contributed by atoms with Crippen molar-refractivity contribution in [2.45, 2.75) is 24.9 Å². The number of aryl methyl sites for hydroxylation is 1. The van der Waals surface area contributed by atoms with E-state index >= 15 is 0 Å². The number of amides is 1. The number of para-hydroxylation sites is 1. The van der Waals surface area contributed by atoms with Gasteiger partial charge >= 0.3 is 0 Å². The Labute approximate surface area is 179 Å². The van der Waals surface area contributed by atoms with E-state index in [1.165, 1.54) is 4.31 Å². The maximum Gasteiger partial charge on any atom is 0.256 e. The average Bonchev–Trinajstić information content (AvgIpc) is 3.36. The summed E-state index contributed by atoms with van der Waals surface area (Å²) in [6.07, 6.45) is 1.58. The van der Waals surface area contributed by atoms with E-state index in [1.807, 2.05) is 31.2 Å². The summed E-state index contributed by atoms with van der Waals surface area (Å²) in [5, 5.41) is 10.6. The highest BCUT2D eigenvalue weighted by molar-refractivity contribution is 7.89. The van der Waals surface area contributed by atoms with Gasteiger partial charge in [0.25, 0.3) is 5.91 Å². The van der Waals surface area contributed by atoms with E-state index in [0.717, 1.165) is 10.9 Å². The normalized spacial score (nSPS) is 14.0. The molecule has 0 aliphatic carbocycles. The van der Waals surface area contributed by atoms with Crippen molar-refractivity contribution in [3.05, 3.63) is 83.2 Å². The third-order valence-electron chi connectivity index (χ3n) is 5.38. The van der Waals surface area contributed by atoms with E-state index in [0.29, 0.717) is 28.2 Å². The molecule has 1 aliphatic heterocycles. The zero-order chi connectivity index (χ0) is 21.6. The summed E-state index contributed by atoms with van der Waals surface area (Å²) < 4.78 is 28.1. The second-order valence-corrected chi connectivity index (χ2v) is 9.36. The Kier molecular flexibility index (Phi) is 4.57. The maximum absolute atomic E-state index is 13.4. The standard InChI is InChI=1S/C22H19N5O3S/c1-14-7-9-16(10-8-14)22(28)24-21-17-12-27(13-18(17)25-26-21)31(29,30)19-6-2-4-15-5-3-11-23-20(15)19/h2-11H,12-13H2,1H3,(H2,24,25,26,28). The van der Waals surface area contributed by atoms with Crippen molar-refractivity contribution in [3.63, 3.8) is 0 Å². The molecule has 3 heterocycles. The molecule has 156 valence electrons. The molecular formula is C22H19N5O3S. The minimum absolute atomic E-state index is 0.112. The van der Waals surface area contributed by atoms with Crippen LogP contribution in [0.25, 0.3) is 10.9 Å². The first-order chi connectivity index (χ1) is 14.9. The van der Waals surface area contributed by atoms with E-state index in [9.17, 15) is 13.2 Å². The summed E-state index contributed by atoms with van der Waals surface area (Å²) in [5.74, 6) is 0.0446. The number of aromatic amines is 1. The Morgan fingerprint density at radius 2 is 1.84 bits per heavy atom. The minimum atomic E-state index is -3.79. The lowest BCUT2D eigenvalue weighted by Crippen LogP contribution is -2.26. The number of nitrogens with zero attached hydrogens (tertiary/aromatic N) is 3. The molecule has 2 aromatic heterocycles. The first kappa shape index (κ1) is 19.4. The number of benzene rings is 2. The molecule has 2 aromatic carbocycles. The Balaban J connectivity index is 1.41. The van der Waals surface area contributed by atoms with Gasteiger partial charge in [-0.2, -0.15) is 9.40 Å². The van der Waals surface area contributed by atoms with Gasteiger partial charge in [0.2, 0.25) is 10.0 Å². The zero-order valence-electron chi connectivity index (χ0n) is 16.7. The molecule has 0 radical (unpaired) electrons. The maximum atomic E-state index is 13.4. The second-order valence-electron chi connectivity index (χ2n) is 7.45. The number of anilines is 1. The highest BCUT2D eigenvalue weighted by Crippen LogP contribution is 2.33. The number of aromatic nitrogens is 3. The number of hydrogen-bond acceptors (Lipinski definition) is 5. The molecule has 31 heavy (non-hydrogen) atoms. The first-order valence-corrected chi connectivity index (χ1v) is 11.2. The third-order valence-corrected chi connectivity index (χ3v) is 7.20. The predicted octanol–water partition coefficient (Wildman–Crippen LogP) is 3.22. The van der Waals surface area contributed by atoms with E-state index in [1.54, 1.807) is 36.5 Å². The first-order valence-electron chi connectivity index (χ1n) is 9.71. The van der Waals surface area contributed by atoms with E-state index in [4.69, 9.17) is 0 Å². The molecule has 0 atom stereocenters. The van der Waals surface area contributed by atoms with Crippen LogP contribution < -0.4 is 5.32 Å². The van der Waals surface area contributed by atoms with Crippen LogP contribution in [-0.4, -0.2) is 33.8 Å². The Bertz CT molecular complexity index is 1410. The van der Waals surface area contributed by atoms with Crippen molar-refractivity contribution in [1.29, 1.82) is 0 Å². The van der Waals surface area contributed by atoms with Gasteiger partial charge in [-0.3, -0.25) is 14.9 Å². The van der Waals surface area contributed by atoms with Crippen molar-refractivity contribution >= 4 is 32.7 Å². The summed E-state index contributed by atoms with van der Waals surface area (Å²) in [7, 11) is -3.79. The molecule has 4 aromatic rings. The fourth-order valence-corrected chi connectivity index (χ4v) is 5.23. The molecule has 5 rings (SSSR count). The van der Waals surface area contributed by atoms with Crippen LogP contribution in [0.5, 0.6) is 0 Å². The summed E-state index contributed by atoms with van der Waals surface area (Å²) in [5.41, 5.74) is 3.33. The molecule has 9 heteroatoms. The number of fused-ring (bicyclic) bond motifs is 2. The fraction of sp³-hybridized carbons (Fsp3) is 0.136. The smallest absolute Gasteiger partial charge is 0.256 e. The SMILES string of the molecule is Cc1ccc(C(=O)Nc2n[nH]c3c2CN(S(=O)(=O)c2cccc4cccnc24)C3)cc1. The van der Waals surface area contributed by atoms with Gasteiger partial charge in [0.15, 0.2) is 5.82 Å². The number of nitrogens with one attached hydrogen (secondary N) is 2. The van der Waals surface area contributed by atoms with Gasteiger partial charge < -0.3 is 5.32 Å². The van der Waals surface area contributed by atoms with Crippen molar-refractivity contribution in [3.8, 4) is 0 Å². The molecule has 0 bridgehead atoms. The van der Waals surface area contributed by atoms with Gasteiger partial charge in [0.1, 0.15) is 4.90 Å². The molecule has 0 unspecified atom stereocenters. The Morgan fingerprint density at radius 3 is 2.65 bits per heavy atom. The average molecular weight is 433 g/mol. The number of H-pyrrole nitrogens is 1. The van der Waals surface area contributed by atoms with Crippen molar-refractivity contribution in [1.82, 2.24) is 19.5 Å². The van der Waals surface area contributed by atoms with Gasteiger partial charge in [-0.15, -0.1) is 0 Å². The topological polar surface area (TPSA) is 108 Å². The predicted molar refractivity (Wildman–Crippen MR) is 116 cm³/mol. The highest BCUT2D eigenvalue weighted by atomic mass is 32.2. The molecule has 8 nitrogen and oxygen atoms in total. The monoisotopic (exact) mass is 433 g/mol. The van der Waals surface area contributed by atoms with Crippen molar-refractivity contribution < 1.29 is 13.2 Å². The van der Waals surface area contributed by atoms with E-state index in [2.05, 4.69) is 20.5 Å². The van der Waals surface area contributed by atoms with E-state index in [-0.39, 0.29) is 23.9 Å². The number of carbonyl (C=O) groups excluding carboxylic acids is 1. The molecule has 1 amide bonds. The minimum Gasteiger partial charge on any atom is -0.305 e. The molecular weight excluding hydrogens is 414 g/mol. The molecule has 2 N–H and O–H groups in total. The van der Waals surface area contributed by atoms with Crippen LogP contribution in [0.4, 0.5) is 5.82 Å². The van der Waals surface area contributed by atoms with Gasteiger partial charge in [0, 0.05) is 29.3 Å². The van der Waals surface area contributed by atoms with Crippen LogP contribution in [0, 0.1) is 6.92 Å². The van der Waals surface area contributed by atoms with Crippen LogP contribution in [0.1, 0.15) is 27.2 Å². The second kappa shape index (κ2) is 7.29. The van der Waals surface area contributed by atoms with Crippen LogP contribution in [0.3, 0.4) is 0 Å². The van der Waals surface area contributed by atoms with Crippen molar-refractivity contribution in [2.24, 2.45) is 0 Å². The lowest BCUT2D eigenvalue weighted by molar-refractivity contribution is 0.102. The van der Waals surface area contributed by atoms with E-state index < -0.39 is 10.0 Å². The highest BCUT2D eigenvalue weighted by Gasteiger charge is 2.35. The number of rotatable bonds is 4. The lowest BCUT2D eigenvalue weighted by Gasteiger charge is -2.17. The largest absolute Gasteiger partial charge is 0.305 e. The summed E-state index contributed by atoms with van der Waals surface area (Å²) in [4.78, 5) is 17.0. The van der Waals surface area contributed by atoms with Gasteiger partial charge in [-0.05, 0) is 31.2 Å². The van der Waals surface area contributed by atoms with Crippen LogP contribution in [0.15, 0.2) is 65.7 Å². The number of pyridine rings is 1. The number of carbonyl (C=O) groups is 1. The molecule has 0 fully saturated rings. The molecule has 0 saturated carbocycles. The Morgan fingerprint density at radius 1 is 1.06 bits per heavy atom. The van der Waals surface area contributed by atoms with Gasteiger partial charge in [0.05, 0.1) is 17.8 Å². The van der Waals surface area contributed by atoms with Crippen molar-refractivity contribution in [2.75, 3.05) is 5.32 Å². The molecule has 1 aliphatic rings. The number of sulfonamides is 1. The van der Waals surface area contributed by atoms with Crippen LogP contribution >= 0.6 is 0 Å². The number of hydrogen-bond donors (Lipinski definition) is 2. The zero-order valence-corrected chi connectivity index (χ0v) is 17.5. The summed E-state index contributed by atoms with van der Waals surface area (Å²) in [6, 6.07) is 15.9. The van der Waals surface area contributed by atoms with Crippen LogP contribution in [-0.2, 0) is 23.1 Å². The third kappa shape index (κ3) is 3.37. The van der Waals surface area contributed by atoms with Gasteiger partial charge in [-0.25, -0.2) is 8.42 Å². The molecule has 0 spiro atoms. The lowest BCUT2D eigenvalue weighted by atomic mass is 10.1. The Hall–Kier alpha value is -3.56. The summed E-state index contributed by atoms with van der Waals surface area (Å²) in [6.45, 7) is 2.21. The summed E-state index contributed by atoms with van der Waals surface area (Å²) >= 11 is 0. The van der Waals surface area contributed by atoms with Crippen LogP contribution in [0.2, 0.25) is 0 Å². The fourth-order valence-electron chi connectivity index (χ4n) is 3.69. The van der Waals surface area contributed by atoms with Gasteiger partial charge in [-0.1, -0.05) is 35.9 Å².